The van der Waals surface area contributed by atoms with Crippen molar-refractivity contribution in [3.05, 3.63) is 100 Å². The first-order chi connectivity index (χ1) is 17.9. The van der Waals surface area contributed by atoms with Gasteiger partial charge in [0.05, 0.1) is 30.9 Å². The number of carbonyl (C=O) groups is 3. The number of hydrogen-bond acceptors (Lipinski definition) is 7. The molecule has 3 aromatic rings. The van der Waals surface area contributed by atoms with Crippen LogP contribution in [0.15, 0.2) is 72.3 Å². The molecule has 0 bridgehead atoms. The van der Waals surface area contributed by atoms with Crippen LogP contribution in [0.25, 0.3) is 5.76 Å². The summed E-state index contributed by atoms with van der Waals surface area (Å²) < 4.78 is 10.4. The molecule has 0 radical (unpaired) electrons. The van der Waals surface area contributed by atoms with Crippen molar-refractivity contribution >= 4 is 23.4 Å². The van der Waals surface area contributed by atoms with Gasteiger partial charge in [0.15, 0.2) is 0 Å². The Balaban J connectivity index is 1.57. The number of methoxy groups -OCH3 is 1. The second kappa shape index (κ2) is 9.81. The van der Waals surface area contributed by atoms with Gasteiger partial charge in [-0.1, -0.05) is 24.3 Å². The first-order valence-corrected chi connectivity index (χ1v) is 11.9. The smallest absolute Gasteiger partial charge is 0.337 e. The molecule has 2 N–H and O–H groups in total. The molecule has 0 aromatic heterocycles. The number of amides is 1. The van der Waals surface area contributed by atoms with Crippen molar-refractivity contribution in [1.82, 2.24) is 4.90 Å². The molecule has 0 spiro atoms. The molecule has 2 aliphatic heterocycles. The van der Waals surface area contributed by atoms with Crippen molar-refractivity contribution in [1.29, 1.82) is 0 Å². The number of esters is 1. The summed E-state index contributed by atoms with van der Waals surface area (Å²) in [7, 11) is 1.29. The number of ether oxygens (including phenoxy) is 2. The molecule has 0 aliphatic carbocycles. The number of ketones is 1. The number of carbonyl (C=O) groups excluding carboxylic acids is 3. The maximum absolute atomic E-state index is 13.3. The van der Waals surface area contributed by atoms with Gasteiger partial charge in [0.2, 0.25) is 0 Å². The standard InChI is InChI=1S/C29H25NO7/c1-36-29(35)19-6-4-17(5-7-19)16-30-25(18-8-11-22(31)12-9-18)24(27(33)28(30)34)26(32)21-10-13-23-20(15-21)3-2-14-37-23/h4-13,15,25,31-32H,2-3,14,16H2,1H3/b26-24-. The van der Waals surface area contributed by atoms with Crippen molar-refractivity contribution in [3.8, 4) is 11.5 Å². The van der Waals surface area contributed by atoms with Crippen LogP contribution >= 0.6 is 0 Å². The van der Waals surface area contributed by atoms with Gasteiger partial charge >= 0.3 is 5.97 Å². The molecular weight excluding hydrogens is 474 g/mol. The van der Waals surface area contributed by atoms with Gasteiger partial charge in [0.1, 0.15) is 17.3 Å². The van der Waals surface area contributed by atoms with E-state index in [1.54, 1.807) is 54.6 Å². The Morgan fingerprint density at radius 3 is 2.43 bits per heavy atom. The van der Waals surface area contributed by atoms with Crippen LogP contribution in [0.1, 0.15) is 45.1 Å². The lowest BCUT2D eigenvalue weighted by atomic mass is 9.94. The van der Waals surface area contributed by atoms with Gasteiger partial charge in [0.25, 0.3) is 11.7 Å². The van der Waals surface area contributed by atoms with Crippen molar-refractivity contribution in [3.63, 3.8) is 0 Å². The first-order valence-electron chi connectivity index (χ1n) is 11.9. The Bertz CT molecular complexity index is 1410. The summed E-state index contributed by atoms with van der Waals surface area (Å²) in [5.41, 5.74) is 2.93. The molecule has 1 fully saturated rings. The fraction of sp³-hybridized carbons (Fsp3) is 0.207. The van der Waals surface area contributed by atoms with E-state index in [1.807, 2.05) is 0 Å². The fourth-order valence-electron chi connectivity index (χ4n) is 4.77. The highest BCUT2D eigenvalue weighted by Gasteiger charge is 2.46. The van der Waals surface area contributed by atoms with E-state index in [1.165, 1.54) is 24.1 Å². The van der Waals surface area contributed by atoms with Crippen LogP contribution in [-0.2, 0) is 27.3 Å². The average Bonchev–Trinajstić information content (AvgIpc) is 3.17. The lowest BCUT2D eigenvalue weighted by Crippen LogP contribution is -2.29. The summed E-state index contributed by atoms with van der Waals surface area (Å²) in [6.45, 7) is 0.692. The normalized spacial score (nSPS) is 18.3. The second-order valence-corrected chi connectivity index (χ2v) is 8.98. The number of fused-ring (bicyclic) bond motifs is 1. The number of nitrogens with zero attached hydrogens (tertiary/aromatic N) is 1. The van der Waals surface area contributed by atoms with Gasteiger partial charge in [-0.2, -0.15) is 0 Å². The summed E-state index contributed by atoms with van der Waals surface area (Å²) in [6, 6.07) is 17.1. The highest BCUT2D eigenvalue weighted by Crippen LogP contribution is 2.41. The molecule has 8 heteroatoms. The predicted molar refractivity (Wildman–Crippen MR) is 134 cm³/mol. The third-order valence-corrected chi connectivity index (χ3v) is 6.66. The number of benzene rings is 3. The maximum Gasteiger partial charge on any atom is 0.337 e. The molecule has 1 saturated heterocycles. The summed E-state index contributed by atoms with van der Waals surface area (Å²) in [6.07, 6.45) is 1.64. The Kier molecular flexibility index (Phi) is 6.40. The molecule has 2 heterocycles. The Labute approximate surface area is 213 Å². The van der Waals surface area contributed by atoms with Crippen LogP contribution in [0.2, 0.25) is 0 Å². The third-order valence-electron chi connectivity index (χ3n) is 6.66. The second-order valence-electron chi connectivity index (χ2n) is 8.98. The largest absolute Gasteiger partial charge is 0.508 e. The molecule has 1 atom stereocenters. The Morgan fingerprint density at radius 1 is 1.03 bits per heavy atom. The minimum Gasteiger partial charge on any atom is -0.508 e. The summed E-state index contributed by atoms with van der Waals surface area (Å²) >= 11 is 0. The van der Waals surface area contributed by atoms with Crippen molar-refractivity contribution in [2.75, 3.05) is 13.7 Å². The maximum atomic E-state index is 13.3. The van der Waals surface area contributed by atoms with Gasteiger partial charge in [-0.15, -0.1) is 0 Å². The van der Waals surface area contributed by atoms with E-state index in [0.717, 1.165) is 24.2 Å². The van der Waals surface area contributed by atoms with E-state index in [4.69, 9.17) is 9.47 Å². The summed E-state index contributed by atoms with van der Waals surface area (Å²) in [4.78, 5) is 39.7. The van der Waals surface area contributed by atoms with Crippen LogP contribution < -0.4 is 4.74 Å². The molecular formula is C29H25NO7. The number of rotatable bonds is 5. The van der Waals surface area contributed by atoms with E-state index in [0.29, 0.717) is 28.9 Å². The summed E-state index contributed by atoms with van der Waals surface area (Å²) in [5.74, 6) is -1.52. The van der Waals surface area contributed by atoms with E-state index in [2.05, 4.69) is 0 Å². The van der Waals surface area contributed by atoms with Gasteiger partial charge in [-0.25, -0.2) is 4.79 Å². The zero-order valence-corrected chi connectivity index (χ0v) is 20.1. The van der Waals surface area contributed by atoms with Crippen LogP contribution in [0.3, 0.4) is 0 Å². The van der Waals surface area contributed by atoms with E-state index < -0.39 is 23.7 Å². The van der Waals surface area contributed by atoms with E-state index in [-0.39, 0.29) is 23.6 Å². The number of likely N-dealkylation sites (tertiary alicyclic amines) is 1. The average molecular weight is 500 g/mol. The Hall–Kier alpha value is -4.59. The number of aliphatic hydroxyl groups excluding tert-OH is 1. The quantitative estimate of drug-likeness (QED) is 0.235. The third kappa shape index (κ3) is 4.53. The van der Waals surface area contributed by atoms with Crippen molar-refractivity contribution < 1.29 is 34.1 Å². The van der Waals surface area contributed by atoms with Crippen LogP contribution in [0.4, 0.5) is 0 Å². The van der Waals surface area contributed by atoms with Gasteiger partial charge < -0.3 is 24.6 Å². The molecule has 5 rings (SSSR count). The van der Waals surface area contributed by atoms with E-state index >= 15 is 0 Å². The molecule has 0 saturated carbocycles. The number of aryl methyl sites for hydroxylation is 1. The number of Topliss-reactive ketones (excluding diaryl/α,β-unsaturated/α-hetero) is 1. The lowest BCUT2D eigenvalue weighted by Gasteiger charge is -2.25. The number of aromatic hydroxyl groups is 1. The molecule has 188 valence electrons. The number of aliphatic hydroxyl groups is 1. The fourth-order valence-corrected chi connectivity index (χ4v) is 4.77. The van der Waals surface area contributed by atoms with Crippen molar-refractivity contribution in [2.45, 2.75) is 25.4 Å². The van der Waals surface area contributed by atoms with E-state index in [9.17, 15) is 24.6 Å². The zero-order chi connectivity index (χ0) is 26.1. The number of phenolic OH excluding ortho intramolecular Hbond substituents is 1. The van der Waals surface area contributed by atoms with Crippen molar-refractivity contribution in [2.24, 2.45) is 0 Å². The number of phenols is 1. The molecule has 37 heavy (non-hydrogen) atoms. The SMILES string of the molecule is COC(=O)c1ccc(CN2C(=O)C(=O)/C(=C(\O)c3ccc4c(c3)CCCO4)C2c2ccc(O)cc2)cc1. The van der Waals surface area contributed by atoms with Crippen LogP contribution in [0.5, 0.6) is 11.5 Å². The molecule has 3 aromatic carbocycles. The minimum absolute atomic E-state index is 0.0291. The lowest BCUT2D eigenvalue weighted by molar-refractivity contribution is -0.140. The molecule has 1 amide bonds. The highest BCUT2D eigenvalue weighted by molar-refractivity contribution is 6.46. The van der Waals surface area contributed by atoms with Crippen LogP contribution in [-0.4, -0.2) is 46.5 Å². The first kappa shape index (κ1) is 24.1. The summed E-state index contributed by atoms with van der Waals surface area (Å²) in [5, 5.41) is 21.1. The van der Waals surface area contributed by atoms with Crippen LogP contribution in [0, 0.1) is 0 Å². The number of hydrogen-bond donors (Lipinski definition) is 2. The Morgan fingerprint density at radius 2 is 1.73 bits per heavy atom. The van der Waals surface area contributed by atoms with Gasteiger partial charge in [0, 0.05) is 12.1 Å². The zero-order valence-electron chi connectivity index (χ0n) is 20.1. The highest BCUT2D eigenvalue weighted by atomic mass is 16.5. The molecule has 8 nitrogen and oxygen atoms in total. The molecule has 1 unspecified atom stereocenters. The molecule has 2 aliphatic rings. The topological polar surface area (TPSA) is 113 Å². The van der Waals surface area contributed by atoms with Gasteiger partial charge in [-0.3, -0.25) is 9.59 Å². The minimum atomic E-state index is -0.881. The van der Waals surface area contributed by atoms with Gasteiger partial charge in [-0.05, 0) is 72.0 Å². The monoisotopic (exact) mass is 499 g/mol. The predicted octanol–water partition coefficient (Wildman–Crippen LogP) is 4.13.